The van der Waals surface area contributed by atoms with Gasteiger partial charge in [-0.2, -0.15) is 5.26 Å². The zero-order chi connectivity index (χ0) is 14.0. The zero-order valence-corrected chi connectivity index (χ0v) is 10.9. The molecule has 0 saturated heterocycles. The maximum absolute atomic E-state index is 11.4. The first-order valence-corrected chi connectivity index (χ1v) is 5.95. The number of carbonyl (C=O) groups excluding carboxylic acids is 1. The number of nitrogens with one attached hydrogen (secondary N) is 1. The second kappa shape index (κ2) is 4.62. The fraction of sp³-hybridized carbons (Fsp3) is 0.200. The molecule has 0 bridgehead atoms. The third-order valence-corrected chi connectivity index (χ3v) is 3.11. The lowest BCUT2D eigenvalue weighted by molar-refractivity contribution is -0.121. The molecule has 3 N–H and O–H groups in total. The van der Waals surface area contributed by atoms with Gasteiger partial charge >= 0.3 is 0 Å². The highest BCUT2D eigenvalue weighted by Crippen LogP contribution is 2.28. The van der Waals surface area contributed by atoms with Gasteiger partial charge in [-0.25, -0.2) is 0 Å². The van der Waals surface area contributed by atoms with Crippen LogP contribution < -0.4 is 11.1 Å². The van der Waals surface area contributed by atoms with E-state index in [1.165, 1.54) is 0 Å². The largest absolute Gasteiger partial charge is 0.371 e. The first kappa shape index (κ1) is 12.9. The highest BCUT2D eigenvalue weighted by Gasteiger charge is 2.25. The summed E-state index contributed by atoms with van der Waals surface area (Å²) in [5.74, 6) is -0.430. The zero-order valence-electron chi connectivity index (χ0n) is 10.9. The normalized spacial score (nSPS) is 11.0. The molecule has 2 rings (SSSR count). The molecule has 0 spiro atoms. The molecule has 2 aromatic rings. The van der Waals surface area contributed by atoms with Gasteiger partial charge in [-0.05, 0) is 26.0 Å². The summed E-state index contributed by atoms with van der Waals surface area (Å²) in [4.78, 5) is 11.4. The van der Waals surface area contributed by atoms with E-state index in [0.717, 1.165) is 16.5 Å². The minimum atomic E-state index is -0.850. The van der Waals surface area contributed by atoms with Gasteiger partial charge in [0.15, 0.2) is 0 Å². The smallest absolute Gasteiger partial charge is 0.242 e. The van der Waals surface area contributed by atoms with Gasteiger partial charge in [0.05, 0.1) is 11.6 Å². The molecule has 19 heavy (non-hydrogen) atoms. The Kier molecular flexibility index (Phi) is 3.14. The fourth-order valence-electron chi connectivity index (χ4n) is 1.90. The van der Waals surface area contributed by atoms with Crippen molar-refractivity contribution in [3.8, 4) is 6.07 Å². The number of benzene rings is 2. The minimum Gasteiger partial charge on any atom is -0.371 e. The standard InChI is InChI=1S/C15H15N3O/c1-15(2,14(17)19)18-13-8-7-10(9-16)11-5-3-4-6-12(11)13/h3-8,18H,1-2H3,(H2,17,19). The molecule has 0 aromatic heterocycles. The van der Waals surface area contributed by atoms with Crippen molar-refractivity contribution in [3.63, 3.8) is 0 Å². The number of fused-ring (bicyclic) bond motifs is 1. The van der Waals surface area contributed by atoms with Crippen molar-refractivity contribution >= 4 is 22.4 Å². The summed E-state index contributed by atoms with van der Waals surface area (Å²) in [6, 6.07) is 13.3. The molecule has 0 heterocycles. The van der Waals surface area contributed by atoms with Gasteiger partial charge in [0.1, 0.15) is 5.54 Å². The Morgan fingerprint density at radius 2 is 1.84 bits per heavy atom. The predicted molar refractivity (Wildman–Crippen MR) is 75.6 cm³/mol. The van der Waals surface area contributed by atoms with Crippen molar-refractivity contribution in [1.82, 2.24) is 0 Å². The number of hydrogen-bond acceptors (Lipinski definition) is 3. The lowest BCUT2D eigenvalue weighted by Gasteiger charge is -2.24. The third-order valence-electron chi connectivity index (χ3n) is 3.11. The second-order valence-electron chi connectivity index (χ2n) is 4.93. The van der Waals surface area contributed by atoms with Crippen LogP contribution in [0.4, 0.5) is 5.69 Å². The molecule has 96 valence electrons. The average Bonchev–Trinajstić information content (AvgIpc) is 2.38. The van der Waals surface area contributed by atoms with E-state index < -0.39 is 11.4 Å². The summed E-state index contributed by atoms with van der Waals surface area (Å²) in [7, 11) is 0. The van der Waals surface area contributed by atoms with Crippen LogP contribution in [-0.2, 0) is 4.79 Å². The number of hydrogen-bond donors (Lipinski definition) is 2. The summed E-state index contributed by atoms with van der Waals surface area (Å²) in [5.41, 5.74) is 5.91. The third kappa shape index (κ3) is 2.36. The number of amides is 1. The van der Waals surface area contributed by atoms with Crippen molar-refractivity contribution in [3.05, 3.63) is 42.0 Å². The van der Waals surface area contributed by atoms with Crippen LogP contribution in [0.25, 0.3) is 10.8 Å². The summed E-state index contributed by atoms with van der Waals surface area (Å²) in [5, 5.41) is 14.0. The number of primary amides is 1. The maximum Gasteiger partial charge on any atom is 0.242 e. The summed E-state index contributed by atoms with van der Waals surface area (Å²) >= 11 is 0. The van der Waals surface area contributed by atoms with E-state index >= 15 is 0 Å². The van der Waals surface area contributed by atoms with Crippen LogP contribution in [0.1, 0.15) is 19.4 Å². The Bertz CT molecular complexity index is 683. The Morgan fingerprint density at radius 3 is 2.42 bits per heavy atom. The van der Waals surface area contributed by atoms with Crippen LogP contribution in [0.3, 0.4) is 0 Å². The van der Waals surface area contributed by atoms with Crippen molar-refractivity contribution in [2.45, 2.75) is 19.4 Å². The van der Waals surface area contributed by atoms with Gasteiger partial charge in [-0.3, -0.25) is 4.79 Å². The van der Waals surface area contributed by atoms with Crippen molar-refractivity contribution in [2.75, 3.05) is 5.32 Å². The number of anilines is 1. The van der Waals surface area contributed by atoms with Crippen LogP contribution in [-0.4, -0.2) is 11.4 Å². The van der Waals surface area contributed by atoms with Gasteiger partial charge in [0.2, 0.25) is 5.91 Å². The van der Waals surface area contributed by atoms with E-state index in [-0.39, 0.29) is 0 Å². The van der Waals surface area contributed by atoms with Crippen LogP contribution in [0.5, 0.6) is 0 Å². The van der Waals surface area contributed by atoms with Gasteiger partial charge in [-0.15, -0.1) is 0 Å². The molecule has 0 atom stereocenters. The van der Waals surface area contributed by atoms with Gasteiger partial charge in [0.25, 0.3) is 0 Å². The van der Waals surface area contributed by atoms with Crippen LogP contribution in [0, 0.1) is 11.3 Å². The van der Waals surface area contributed by atoms with Gasteiger partial charge in [0, 0.05) is 16.5 Å². The lowest BCUT2D eigenvalue weighted by atomic mass is 10.00. The summed E-state index contributed by atoms with van der Waals surface area (Å²) in [6.45, 7) is 3.45. The quantitative estimate of drug-likeness (QED) is 0.881. The molecular formula is C15H15N3O. The lowest BCUT2D eigenvalue weighted by Crippen LogP contribution is -2.45. The average molecular weight is 253 g/mol. The maximum atomic E-state index is 11.4. The Hall–Kier alpha value is -2.54. The number of nitrogens with two attached hydrogens (primary N) is 1. The molecule has 4 nitrogen and oxygen atoms in total. The summed E-state index contributed by atoms with van der Waals surface area (Å²) < 4.78 is 0. The van der Waals surface area contributed by atoms with Crippen LogP contribution in [0.15, 0.2) is 36.4 Å². The molecule has 0 unspecified atom stereocenters. The Labute approximate surface area is 111 Å². The number of nitriles is 1. The van der Waals surface area contributed by atoms with E-state index in [1.807, 2.05) is 24.3 Å². The van der Waals surface area contributed by atoms with Gasteiger partial charge in [-0.1, -0.05) is 24.3 Å². The first-order chi connectivity index (χ1) is 8.95. The second-order valence-corrected chi connectivity index (χ2v) is 4.93. The van der Waals surface area contributed by atoms with Crippen molar-refractivity contribution in [1.29, 1.82) is 5.26 Å². The number of nitrogens with zero attached hydrogens (tertiary/aromatic N) is 1. The van der Waals surface area contributed by atoms with Crippen molar-refractivity contribution < 1.29 is 4.79 Å². The number of rotatable bonds is 3. The topological polar surface area (TPSA) is 78.9 Å². The summed E-state index contributed by atoms with van der Waals surface area (Å²) in [6.07, 6.45) is 0. The first-order valence-electron chi connectivity index (χ1n) is 5.95. The molecule has 0 fully saturated rings. The Balaban J connectivity index is 2.58. The molecule has 0 aliphatic rings. The molecular weight excluding hydrogens is 238 g/mol. The molecule has 0 aliphatic heterocycles. The van der Waals surface area contributed by atoms with E-state index in [1.54, 1.807) is 26.0 Å². The SMILES string of the molecule is CC(C)(Nc1ccc(C#N)c2ccccc12)C(N)=O. The molecule has 4 heteroatoms. The monoisotopic (exact) mass is 253 g/mol. The Morgan fingerprint density at radius 1 is 1.21 bits per heavy atom. The van der Waals surface area contributed by atoms with Crippen molar-refractivity contribution in [2.24, 2.45) is 5.73 Å². The highest BCUT2D eigenvalue weighted by molar-refractivity contribution is 5.99. The molecule has 2 aromatic carbocycles. The minimum absolute atomic E-state index is 0.430. The van der Waals surface area contributed by atoms with Crippen LogP contribution in [0.2, 0.25) is 0 Å². The predicted octanol–water partition coefficient (Wildman–Crippen LogP) is 2.39. The fourth-order valence-corrected chi connectivity index (χ4v) is 1.90. The van der Waals surface area contributed by atoms with E-state index in [0.29, 0.717) is 5.56 Å². The van der Waals surface area contributed by atoms with E-state index in [4.69, 9.17) is 11.0 Å². The highest BCUT2D eigenvalue weighted by atomic mass is 16.1. The molecule has 1 amide bonds. The molecule has 0 saturated carbocycles. The van der Waals surface area contributed by atoms with Crippen LogP contribution >= 0.6 is 0 Å². The number of carbonyl (C=O) groups is 1. The van der Waals surface area contributed by atoms with Gasteiger partial charge < -0.3 is 11.1 Å². The van der Waals surface area contributed by atoms with E-state index in [2.05, 4.69) is 11.4 Å². The molecule has 0 aliphatic carbocycles. The molecule has 0 radical (unpaired) electrons. The van der Waals surface area contributed by atoms with E-state index in [9.17, 15) is 4.79 Å².